The molecule has 1 aromatic rings. The van der Waals surface area contributed by atoms with Gasteiger partial charge in [0.1, 0.15) is 23.9 Å². The molecule has 0 radical (unpaired) electrons. The molecule has 31 heavy (non-hydrogen) atoms. The van der Waals surface area contributed by atoms with Crippen molar-refractivity contribution in [1.29, 1.82) is 0 Å². The van der Waals surface area contributed by atoms with Gasteiger partial charge in [0, 0.05) is 6.42 Å². The molecule has 0 aliphatic heterocycles. The summed E-state index contributed by atoms with van der Waals surface area (Å²) in [4.78, 5) is 50.1. The third kappa shape index (κ3) is 9.97. The molecule has 0 saturated carbocycles. The Hall–Kier alpha value is -3.10. The summed E-state index contributed by atoms with van der Waals surface area (Å²) >= 11 is 0. The number of benzene rings is 1. The van der Waals surface area contributed by atoms with E-state index >= 15 is 0 Å². The standard InChI is InChI=1S/C22H31NO8/c1-21(2,3)30-19(27)23(20(28)31-22(4,5)6)16(12-13-17(24)25)18(26)29-14-15-10-8-7-9-11-15/h7-11,16H,12-14H2,1-6H3,(H,24,25)/t16-/m1/s1. The second-order valence-electron chi connectivity index (χ2n) is 8.87. The van der Waals surface area contributed by atoms with E-state index < -0.39 is 47.8 Å². The number of amides is 2. The van der Waals surface area contributed by atoms with Crippen LogP contribution in [0.25, 0.3) is 0 Å². The lowest BCUT2D eigenvalue weighted by Crippen LogP contribution is -2.52. The van der Waals surface area contributed by atoms with Gasteiger partial charge in [0.25, 0.3) is 0 Å². The van der Waals surface area contributed by atoms with Crippen molar-refractivity contribution in [2.45, 2.75) is 78.2 Å². The molecule has 0 spiro atoms. The number of hydrogen-bond acceptors (Lipinski definition) is 7. The van der Waals surface area contributed by atoms with Crippen molar-refractivity contribution in [3.63, 3.8) is 0 Å². The molecule has 0 unspecified atom stereocenters. The van der Waals surface area contributed by atoms with Crippen molar-refractivity contribution in [3.05, 3.63) is 35.9 Å². The molecule has 1 N–H and O–H groups in total. The maximum absolute atomic E-state index is 12.8. The number of carboxylic acids is 1. The molecule has 0 fully saturated rings. The van der Waals surface area contributed by atoms with Gasteiger partial charge in [-0.15, -0.1) is 0 Å². The highest BCUT2D eigenvalue weighted by Gasteiger charge is 2.41. The Morgan fingerprint density at radius 1 is 0.903 bits per heavy atom. The summed E-state index contributed by atoms with van der Waals surface area (Å²) in [6, 6.07) is 7.26. The van der Waals surface area contributed by atoms with Gasteiger partial charge in [-0.05, 0) is 53.5 Å². The van der Waals surface area contributed by atoms with Gasteiger partial charge >= 0.3 is 24.1 Å². The number of nitrogens with zero attached hydrogens (tertiary/aromatic N) is 1. The smallest absolute Gasteiger partial charge is 0.420 e. The molecular weight excluding hydrogens is 406 g/mol. The first-order chi connectivity index (χ1) is 14.2. The molecule has 0 heterocycles. The van der Waals surface area contributed by atoms with E-state index in [0.29, 0.717) is 10.5 Å². The zero-order valence-electron chi connectivity index (χ0n) is 18.8. The summed E-state index contributed by atoms with van der Waals surface area (Å²) in [6.45, 7) is 9.46. The molecule has 0 aliphatic rings. The predicted molar refractivity (Wildman–Crippen MR) is 111 cm³/mol. The number of imide groups is 1. The Morgan fingerprint density at radius 3 is 1.81 bits per heavy atom. The zero-order valence-corrected chi connectivity index (χ0v) is 18.8. The Kier molecular flexibility index (Phi) is 9.02. The summed E-state index contributed by atoms with van der Waals surface area (Å²) in [5, 5.41) is 9.08. The van der Waals surface area contributed by atoms with Crippen LogP contribution in [0.2, 0.25) is 0 Å². The highest BCUT2D eigenvalue weighted by atomic mass is 16.6. The third-order valence-corrected chi connectivity index (χ3v) is 3.62. The summed E-state index contributed by atoms with van der Waals surface area (Å²) < 4.78 is 15.8. The van der Waals surface area contributed by atoms with Crippen molar-refractivity contribution in [1.82, 2.24) is 4.90 Å². The predicted octanol–water partition coefficient (Wildman–Crippen LogP) is 4.14. The lowest BCUT2D eigenvalue weighted by atomic mass is 10.1. The number of ether oxygens (including phenoxy) is 3. The van der Waals surface area contributed by atoms with Gasteiger partial charge in [-0.1, -0.05) is 30.3 Å². The van der Waals surface area contributed by atoms with Gasteiger partial charge in [-0.25, -0.2) is 14.4 Å². The SMILES string of the molecule is CC(C)(C)OC(=O)N(C(=O)OC(C)(C)C)[C@H](CCC(=O)O)C(=O)OCc1ccccc1. The fourth-order valence-electron chi connectivity index (χ4n) is 2.39. The first-order valence-electron chi connectivity index (χ1n) is 9.87. The lowest BCUT2D eigenvalue weighted by Gasteiger charge is -2.32. The molecule has 1 atom stereocenters. The van der Waals surface area contributed by atoms with Crippen molar-refractivity contribution in [3.8, 4) is 0 Å². The van der Waals surface area contributed by atoms with Crippen LogP contribution in [-0.4, -0.2) is 51.4 Å². The minimum atomic E-state index is -1.54. The Labute approximate surface area is 182 Å². The van der Waals surface area contributed by atoms with Gasteiger partial charge in [0.15, 0.2) is 0 Å². The van der Waals surface area contributed by atoms with E-state index in [4.69, 9.17) is 19.3 Å². The average Bonchev–Trinajstić information content (AvgIpc) is 2.60. The van der Waals surface area contributed by atoms with Crippen LogP contribution in [0, 0.1) is 0 Å². The quantitative estimate of drug-likeness (QED) is 0.499. The number of carbonyl (C=O) groups excluding carboxylic acids is 3. The molecule has 9 heteroatoms. The second kappa shape index (κ2) is 10.8. The van der Waals surface area contributed by atoms with Gasteiger partial charge in [0.05, 0.1) is 0 Å². The minimum Gasteiger partial charge on any atom is -0.481 e. The van der Waals surface area contributed by atoms with Crippen LogP contribution in [0.4, 0.5) is 9.59 Å². The highest BCUT2D eigenvalue weighted by molar-refractivity contribution is 5.94. The number of carboxylic acid groups (broad SMARTS) is 1. The first kappa shape index (κ1) is 25.9. The molecule has 0 saturated heterocycles. The molecule has 9 nitrogen and oxygen atoms in total. The van der Waals surface area contributed by atoms with Crippen molar-refractivity contribution in [2.24, 2.45) is 0 Å². The number of rotatable bonds is 7. The Bertz CT molecular complexity index is 749. The fourth-order valence-corrected chi connectivity index (χ4v) is 2.39. The maximum atomic E-state index is 12.8. The summed E-state index contributed by atoms with van der Waals surface area (Å²) in [5.41, 5.74) is -1.25. The molecule has 0 bridgehead atoms. The molecule has 0 aliphatic carbocycles. The van der Waals surface area contributed by atoms with Gasteiger partial charge in [0.2, 0.25) is 0 Å². The van der Waals surface area contributed by atoms with Crippen LogP contribution in [0.1, 0.15) is 59.9 Å². The normalized spacial score (nSPS) is 12.5. The van der Waals surface area contributed by atoms with Crippen molar-refractivity contribution < 1.29 is 38.5 Å². The zero-order chi connectivity index (χ0) is 23.8. The fraction of sp³-hybridized carbons (Fsp3) is 0.545. The van der Waals surface area contributed by atoms with E-state index in [-0.39, 0.29) is 13.0 Å². The third-order valence-electron chi connectivity index (χ3n) is 3.62. The molecule has 1 aromatic carbocycles. The summed E-state index contributed by atoms with van der Waals surface area (Å²) in [7, 11) is 0. The average molecular weight is 437 g/mol. The summed E-state index contributed by atoms with van der Waals surface area (Å²) in [6.07, 6.45) is -3.10. The monoisotopic (exact) mass is 437 g/mol. The molecule has 0 aromatic heterocycles. The van der Waals surface area contributed by atoms with Crippen LogP contribution in [0.5, 0.6) is 0 Å². The van der Waals surface area contributed by atoms with E-state index in [2.05, 4.69) is 0 Å². The minimum absolute atomic E-state index is 0.111. The lowest BCUT2D eigenvalue weighted by molar-refractivity contribution is -0.151. The molecular formula is C22H31NO8. The maximum Gasteiger partial charge on any atom is 0.420 e. The topological polar surface area (TPSA) is 119 Å². The van der Waals surface area contributed by atoms with Gasteiger partial charge in [-0.2, -0.15) is 4.90 Å². The number of aliphatic carboxylic acids is 1. The van der Waals surface area contributed by atoms with E-state index in [1.165, 1.54) is 0 Å². The summed E-state index contributed by atoms with van der Waals surface area (Å²) in [5.74, 6) is -2.14. The molecule has 2 amide bonds. The van der Waals surface area contributed by atoms with Crippen LogP contribution in [0.15, 0.2) is 30.3 Å². The van der Waals surface area contributed by atoms with Crippen LogP contribution in [-0.2, 0) is 30.4 Å². The van der Waals surface area contributed by atoms with Gasteiger partial charge < -0.3 is 19.3 Å². The van der Waals surface area contributed by atoms with Crippen LogP contribution >= 0.6 is 0 Å². The Balaban J connectivity index is 3.21. The van der Waals surface area contributed by atoms with E-state index in [1.54, 1.807) is 71.9 Å². The Morgan fingerprint density at radius 2 is 1.39 bits per heavy atom. The number of carbonyl (C=O) groups is 4. The van der Waals surface area contributed by atoms with Crippen molar-refractivity contribution >= 4 is 24.1 Å². The second-order valence-corrected chi connectivity index (χ2v) is 8.87. The highest BCUT2D eigenvalue weighted by Crippen LogP contribution is 2.20. The van der Waals surface area contributed by atoms with Crippen molar-refractivity contribution in [2.75, 3.05) is 0 Å². The van der Waals surface area contributed by atoms with Crippen LogP contribution < -0.4 is 0 Å². The molecule has 1 rings (SSSR count). The van der Waals surface area contributed by atoms with Crippen LogP contribution in [0.3, 0.4) is 0 Å². The molecule has 172 valence electrons. The van der Waals surface area contributed by atoms with Gasteiger partial charge in [-0.3, -0.25) is 4.79 Å². The first-order valence-corrected chi connectivity index (χ1v) is 9.87. The largest absolute Gasteiger partial charge is 0.481 e. The number of hydrogen-bond donors (Lipinski definition) is 1. The van der Waals surface area contributed by atoms with E-state index in [1.807, 2.05) is 0 Å². The van der Waals surface area contributed by atoms with E-state index in [9.17, 15) is 19.2 Å². The number of esters is 1. The van der Waals surface area contributed by atoms with E-state index in [0.717, 1.165) is 0 Å².